The van der Waals surface area contributed by atoms with E-state index in [4.69, 9.17) is 18.6 Å². The number of rotatable bonds is 8. The maximum absolute atomic E-state index is 13.0. The molecule has 6 atom stereocenters. The van der Waals surface area contributed by atoms with E-state index in [1.807, 2.05) is 0 Å². The molecule has 2 aromatic carbocycles. The van der Waals surface area contributed by atoms with E-state index in [2.05, 4.69) is 0 Å². The van der Waals surface area contributed by atoms with Gasteiger partial charge in [-0.3, -0.25) is 4.79 Å². The number of phenolic OH excluding ortho intramolecular Hbond substituents is 1. The maximum Gasteiger partial charge on any atom is 0.331 e. The SMILES string of the molecule is COc1ccc(/C=C/C(=O)O[C@@H]2[C@@H](O)[C@H](O)[C@@H](CO)O[C@@H]2c2c(O)cc(C)c3c(=O)cc(C[C@@H](C)O)oc23)cc1. The number of esters is 1. The fourth-order valence-electron chi connectivity index (χ4n) is 4.75. The Balaban J connectivity index is 1.77. The molecule has 11 nitrogen and oxygen atoms in total. The number of ether oxygens (including phenoxy) is 3. The van der Waals surface area contributed by atoms with Crippen LogP contribution >= 0.6 is 0 Å². The monoisotopic (exact) mass is 556 g/mol. The second-order valence-electron chi connectivity index (χ2n) is 9.73. The summed E-state index contributed by atoms with van der Waals surface area (Å²) in [5.74, 6) is -0.520. The van der Waals surface area contributed by atoms with Gasteiger partial charge < -0.3 is 44.2 Å². The number of aryl methyl sites for hydroxylation is 1. The number of aliphatic hydroxyl groups excluding tert-OH is 4. The molecule has 3 aromatic rings. The summed E-state index contributed by atoms with van der Waals surface area (Å²) in [7, 11) is 1.53. The van der Waals surface area contributed by atoms with Crippen LogP contribution in [-0.2, 0) is 20.7 Å². The zero-order valence-electron chi connectivity index (χ0n) is 22.2. The van der Waals surface area contributed by atoms with Crippen molar-refractivity contribution < 1.29 is 49.0 Å². The molecule has 0 spiro atoms. The van der Waals surface area contributed by atoms with Crippen molar-refractivity contribution in [1.82, 2.24) is 0 Å². The van der Waals surface area contributed by atoms with E-state index >= 15 is 0 Å². The van der Waals surface area contributed by atoms with Gasteiger partial charge in [-0.05, 0) is 49.2 Å². The highest BCUT2D eigenvalue weighted by atomic mass is 16.6. The summed E-state index contributed by atoms with van der Waals surface area (Å²) in [5.41, 5.74) is 0.387. The Morgan fingerprint density at radius 3 is 2.48 bits per heavy atom. The minimum atomic E-state index is -1.74. The molecular formula is C29H32O11. The minimum Gasteiger partial charge on any atom is -0.507 e. The van der Waals surface area contributed by atoms with Gasteiger partial charge in [0.15, 0.2) is 11.5 Å². The molecule has 0 aliphatic carbocycles. The summed E-state index contributed by atoms with van der Waals surface area (Å²) < 4.78 is 22.4. The molecule has 1 aliphatic heterocycles. The van der Waals surface area contributed by atoms with Gasteiger partial charge in [0.25, 0.3) is 0 Å². The molecule has 1 fully saturated rings. The van der Waals surface area contributed by atoms with Crippen molar-refractivity contribution in [3.05, 3.63) is 75.1 Å². The van der Waals surface area contributed by atoms with E-state index in [9.17, 15) is 35.1 Å². The van der Waals surface area contributed by atoms with Crippen LogP contribution in [0.2, 0.25) is 0 Å². The van der Waals surface area contributed by atoms with Crippen LogP contribution in [0.4, 0.5) is 0 Å². The minimum absolute atomic E-state index is 0.0000211. The van der Waals surface area contributed by atoms with Gasteiger partial charge in [-0.25, -0.2) is 4.79 Å². The van der Waals surface area contributed by atoms with Crippen molar-refractivity contribution in [3.8, 4) is 11.5 Å². The number of benzene rings is 2. The first-order valence-corrected chi connectivity index (χ1v) is 12.7. The second-order valence-corrected chi connectivity index (χ2v) is 9.73. The summed E-state index contributed by atoms with van der Waals surface area (Å²) in [6.45, 7) is 2.41. The standard InChI is InChI=1S/C29H32O11/c1-14-10-19(32)24(27-23(14)20(33)12-18(38-27)11-15(2)31)28-29(26(36)25(35)21(13-30)39-28)40-22(34)9-6-16-4-7-17(37-3)8-5-16/h4-10,12,15,21,25-26,28-32,35-36H,11,13H2,1-3H3/b9-6+/t15-,21-,25-,26+,28-,29-/m1/s1. The fraction of sp³-hybridized carbons (Fsp3) is 0.379. The predicted molar refractivity (Wildman–Crippen MR) is 143 cm³/mol. The molecule has 0 radical (unpaired) electrons. The van der Waals surface area contributed by atoms with E-state index in [1.54, 1.807) is 31.2 Å². The van der Waals surface area contributed by atoms with E-state index in [1.165, 1.54) is 32.2 Å². The van der Waals surface area contributed by atoms with Crippen LogP contribution in [0.3, 0.4) is 0 Å². The van der Waals surface area contributed by atoms with Crippen LogP contribution in [0, 0.1) is 6.92 Å². The molecule has 0 bridgehead atoms. The lowest BCUT2D eigenvalue weighted by Crippen LogP contribution is -2.56. The normalized spacial score (nSPS) is 23.8. The Labute approximate surface area is 229 Å². The van der Waals surface area contributed by atoms with Crippen LogP contribution < -0.4 is 10.2 Å². The Kier molecular flexibility index (Phi) is 8.92. The van der Waals surface area contributed by atoms with Crippen molar-refractivity contribution in [3.63, 3.8) is 0 Å². The zero-order valence-corrected chi connectivity index (χ0v) is 22.2. The third kappa shape index (κ3) is 6.03. The summed E-state index contributed by atoms with van der Waals surface area (Å²) in [6.07, 6.45) is -5.97. The van der Waals surface area contributed by atoms with E-state index in [-0.39, 0.29) is 34.5 Å². The third-order valence-corrected chi connectivity index (χ3v) is 6.70. The average Bonchev–Trinajstić information content (AvgIpc) is 2.90. The molecule has 0 unspecified atom stereocenters. The molecule has 11 heteroatoms. The second kappa shape index (κ2) is 12.2. The van der Waals surface area contributed by atoms with Crippen LogP contribution in [0.1, 0.15) is 35.5 Å². The Morgan fingerprint density at radius 2 is 1.85 bits per heavy atom. The highest BCUT2D eigenvalue weighted by Crippen LogP contribution is 2.42. The molecule has 1 aliphatic rings. The Hall–Kier alpha value is -3.74. The third-order valence-electron chi connectivity index (χ3n) is 6.70. The predicted octanol–water partition coefficient (Wildman–Crippen LogP) is 1.52. The Bertz CT molecular complexity index is 1440. The number of methoxy groups -OCH3 is 1. The topological polar surface area (TPSA) is 176 Å². The van der Waals surface area contributed by atoms with Gasteiger partial charge >= 0.3 is 5.97 Å². The van der Waals surface area contributed by atoms with Crippen molar-refractivity contribution in [2.45, 2.75) is 56.9 Å². The van der Waals surface area contributed by atoms with Gasteiger partial charge in [-0.15, -0.1) is 0 Å². The molecule has 40 heavy (non-hydrogen) atoms. The highest BCUT2D eigenvalue weighted by Gasteiger charge is 2.48. The summed E-state index contributed by atoms with van der Waals surface area (Å²) in [6, 6.07) is 9.37. The summed E-state index contributed by atoms with van der Waals surface area (Å²) >= 11 is 0. The smallest absolute Gasteiger partial charge is 0.331 e. The molecule has 214 valence electrons. The first kappa shape index (κ1) is 29.2. The lowest BCUT2D eigenvalue weighted by atomic mass is 9.89. The molecule has 5 N–H and O–H groups in total. The number of carbonyl (C=O) groups excluding carboxylic acids is 1. The van der Waals surface area contributed by atoms with E-state index in [0.29, 0.717) is 16.9 Å². The van der Waals surface area contributed by atoms with Crippen LogP contribution in [0.15, 0.2) is 51.7 Å². The lowest BCUT2D eigenvalue weighted by molar-refractivity contribution is -0.239. The number of carbonyl (C=O) groups is 1. The lowest BCUT2D eigenvalue weighted by Gasteiger charge is -2.42. The number of aliphatic hydroxyl groups is 4. The first-order chi connectivity index (χ1) is 19.0. The first-order valence-electron chi connectivity index (χ1n) is 12.7. The summed E-state index contributed by atoms with van der Waals surface area (Å²) in [5, 5.41) is 52.2. The molecule has 0 amide bonds. The van der Waals surface area contributed by atoms with Gasteiger partial charge in [0.1, 0.15) is 47.3 Å². The molecular weight excluding hydrogens is 524 g/mol. The van der Waals surface area contributed by atoms with Crippen LogP contribution in [-0.4, -0.2) is 75.7 Å². The largest absolute Gasteiger partial charge is 0.507 e. The van der Waals surface area contributed by atoms with Gasteiger partial charge in [0.05, 0.1) is 30.8 Å². The van der Waals surface area contributed by atoms with Crippen molar-refractivity contribution in [1.29, 1.82) is 0 Å². The van der Waals surface area contributed by atoms with Crippen molar-refractivity contribution in [2.75, 3.05) is 13.7 Å². The average molecular weight is 557 g/mol. The number of phenols is 1. The summed E-state index contributed by atoms with van der Waals surface area (Å²) in [4.78, 5) is 25.8. The van der Waals surface area contributed by atoms with Crippen molar-refractivity contribution >= 4 is 23.0 Å². The number of hydrogen-bond donors (Lipinski definition) is 5. The number of aromatic hydroxyl groups is 1. The molecule has 4 rings (SSSR count). The van der Waals surface area contributed by atoms with E-state index < -0.39 is 54.6 Å². The maximum atomic E-state index is 13.0. The molecule has 2 heterocycles. The van der Waals surface area contributed by atoms with Gasteiger partial charge in [0, 0.05) is 18.6 Å². The number of hydrogen-bond acceptors (Lipinski definition) is 11. The highest BCUT2D eigenvalue weighted by molar-refractivity contribution is 5.88. The van der Waals surface area contributed by atoms with Gasteiger partial charge in [-0.1, -0.05) is 12.1 Å². The van der Waals surface area contributed by atoms with Crippen LogP contribution in [0.5, 0.6) is 11.5 Å². The molecule has 0 saturated carbocycles. The van der Waals surface area contributed by atoms with E-state index in [0.717, 1.165) is 6.08 Å². The zero-order chi connectivity index (χ0) is 29.1. The quantitative estimate of drug-likeness (QED) is 0.201. The molecule has 1 saturated heterocycles. The van der Waals surface area contributed by atoms with Crippen LogP contribution in [0.25, 0.3) is 17.0 Å². The fourth-order valence-corrected chi connectivity index (χ4v) is 4.75. The number of fused-ring (bicyclic) bond motifs is 1. The Morgan fingerprint density at radius 1 is 1.15 bits per heavy atom. The van der Waals surface area contributed by atoms with Gasteiger partial charge in [-0.2, -0.15) is 0 Å². The molecule has 1 aromatic heterocycles. The van der Waals surface area contributed by atoms with Crippen molar-refractivity contribution in [2.24, 2.45) is 0 Å². The van der Waals surface area contributed by atoms with Gasteiger partial charge in [0.2, 0.25) is 0 Å².